The second-order valence-electron chi connectivity index (χ2n) is 12.6. The second-order valence-corrected chi connectivity index (χ2v) is 12.6. The number of hydrogen-bond donors (Lipinski definition) is 1. The number of nitrogens with one attached hydrogen (secondary N) is 1. The quantitative estimate of drug-likeness (QED) is 0.130. The Labute approximate surface area is 266 Å². The van der Waals surface area contributed by atoms with E-state index in [2.05, 4.69) is 16.5 Å². The molecule has 8 heteroatoms. The highest BCUT2D eigenvalue weighted by molar-refractivity contribution is 6.25. The van der Waals surface area contributed by atoms with Crippen molar-refractivity contribution in [3.8, 4) is 17.0 Å². The minimum absolute atomic E-state index is 0.148. The van der Waals surface area contributed by atoms with Crippen LogP contribution in [-0.4, -0.2) is 55.7 Å². The van der Waals surface area contributed by atoms with Crippen molar-refractivity contribution in [3.63, 3.8) is 0 Å². The average Bonchev–Trinajstić information content (AvgIpc) is 3.22. The van der Waals surface area contributed by atoms with Gasteiger partial charge in [-0.25, -0.2) is 9.59 Å². The summed E-state index contributed by atoms with van der Waals surface area (Å²) in [5.41, 5.74) is 4.89. The van der Waals surface area contributed by atoms with Crippen molar-refractivity contribution in [2.45, 2.75) is 77.9 Å². The number of methoxy groups -OCH3 is 1. The van der Waals surface area contributed by atoms with E-state index in [0.29, 0.717) is 22.8 Å². The molecule has 5 rings (SSSR count). The fourth-order valence-electron chi connectivity index (χ4n) is 6.15. The van der Waals surface area contributed by atoms with Gasteiger partial charge in [-0.3, -0.25) is 4.79 Å². The van der Waals surface area contributed by atoms with Crippen LogP contribution in [0.1, 0.15) is 87.2 Å². The van der Waals surface area contributed by atoms with E-state index in [4.69, 9.17) is 14.2 Å². The third kappa shape index (κ3) is 7.39. The molecule has 0 unspecified atom stereocenters. The topological polar surface area (TPSA) is 95.9 Å². The van der Waals surface area contributed by atoms with Gasteiger partial charge in [0.05, 0.1) is 31.5 Å². The zero-order chi connectivity index (χ0) is 32.9. The van der Waals surface area contributed by atoms with Crippen LogP contribution >= 0.6 is 0 Å². The third-order valence-corrected chi connectivity index (χ3v) is 8.01. The molecule has 1 aromatic heterocycles. The smallest absolute Gasteiger partial charge is 0.341 e. The fourth-order valence-corrected chi connectivity index (χ4v) is 6.15. The van der Waals surface area contributed by atoms with Gasteiger partial charge < -0.3 is 24.1 Å². The van der Waals surface area contributed by atoms with E-state index in [9.17, 15) is 14.4 Å². The number of nitrogens with zero attached hydrogens (tertiary/aromatic N) is 1. The number of aromatic nitrogens is 1. The molecule has 2 aliphatic rings. The number of ketones is 1. The Kier molecular flexibility index (Phi) is 10.7. The monoisotopic (exact) mass is 614 g/mol. The lowest BCUT2D eigenvalue weighted by Gasteiger charge is -2.24. The normalized spacial score (nSPS) is 14.6. The standard InChI is InChI=1S/C35H39NO6.C2H7N/c1-7-41-33(38)21(2)32(37)25-17-24-18-26(40-6)14-16-27(24)31-30(22-11-9-8-10-12-22)28-15-13-23(19-29(28)36(31)20-25)34(39)42-35(3,4)5;1-3-2/h13-19,22H,2,7-12,20H2,1,3-6H3;3H,1-2H3. The third-order valence-electron chi connectivity index (χ3n) is 8.01. The van der Waals surface area contributed by atoms with Crippen LogP contribution < -0.4 is 10.1 Å². The number of Topliss-reactive ketones (excluding diaryl/α,β-unsaturated/α-hetero) is 1. The summed E-state index contributed by atoms with van der Waals surface area (Å²) in [6.07, 6.45) is 7.50. The largest absolute Gasteiger partial charge is 0.497 e. The number of ether oxygens (including phenoxy) is 3. The first-order valence-electron chi connectivity index (χ1n) is 15.7. The molecule has 0 amide bonds. The SMILES string of the molecule is C=C(C(=O)OCC)C(=O)C1=Cc2cc(OC)ccc2-c2c(C3CCCCC3)c3ccc(C(=O)OC(C)(C)C)cc3n2C1.CNC. The molecule has 0 saturated heterocycles. The number of fused-ring (bicyclic) bond motifs is 5. The predicted octanol–water partition coefficient (Wildman–Crippen LogP) is 7.24. The first-order chi connectivity index (χ1) is 21.4. The molecule has 1 fully saturated rings. The van der Waals surface area contributed by atoms with E-state index in [1.54, 1.807) is 14.0 Å². The number of benzene rings is 2. The number of carbonyl (C=O) groups is 3. The molecule has 1 aliphatic carbocycles. The number of hydrogen-bond acceptors (Lipinski definition) is 7. The molecule has 240 valence electrons. The lowest BCUT2D eigenvalue weighted by molar-refractivity contribution is -0.139. The summed E-state index contributed by atoms with van der Waals surface area (Å²) >= 11 is 0. The highest BCUT2D eigenvalue weighted by Gasteiger charge is 2.32. The van der Waals surface area contributed by atoms with Gasteiger partial charge in [-0.1, -0.05) is 31.9 Å². The number of rotatable bonds is 7. The maximum Gasteiger partial charge on any atom is 0.341 e. The van der Waals surface area contributed by atoms with Crippen LogP contribution in [0.15, 0.2) is 54.1 Å². The van der Waals surface area contributed by atoms with Crippen molar-refractivity contribution in [2.24, 2.45) is 0 Å². The first-order valence-corrected chi connectivity index (χ1v) is 15.7. The number of carbonyl (C=O) groups excluding carboxylic acids is 3. The number of esters is 2. The fraction of sp³-hybridized carbons (Fsp3) is 0.432. The highest BCUT2D eigenvalue weighted by atomic mass is 16.6. The lowest BCUT2D eigenvalue weighted by atomic mass is 9.81. The van der Waals surface area contributed by atoms with E-state index in [-0.39, 0.29) is 18.7 Å². The van der Waals surface area contributed by atoms with Crippen LogP contribution in [0.2, 0.25) is 0 Å². The summed E-state index contributed by atoms with van der Waals surface area (Å²) in [5.74, 6) is -0.602. The summed E-state index contributed by atoms with van der Waals surface area (Å²) in [6.45, 7) is 11.4. The predicted molar refractivity (Wildman–Crippen MR) is 179 cm³/mol. The van der Waals surface area contributed by atoms with Gasteiger partial charge in [-0.15, -0.1) is 0 Å². The Balaban J connectivity index is 0.00000148. The van der Waals surface area contributed by atoms with Crippen LogP contribution in [0, 0.1) is 0 Å². The van der Waals surface area contributed by atoms with Crippen LogP contribution in [0.4, 0.5) is 0 Å². The van der Waals surface area contributed by atoms with Crippen molar-refractivity contribution in [2.75, 3.05) is 27.8 Å². The number of allylic oxidation sites excluding steroid dienone is 1. The summed E-state index contributed by atoms with van der Waals surface area (Å²) < 4.78 is 18.5. The summed E-state index contributed by atoms with van der Waals surface area (Å²) in [6, 6.07) is 11.6. The van der Waals surface area contributed by atoms with E-state index >= 15 is 0 Å². The summed E-state index contributed by atoms with van der Waals surface area (Å²) in [7, 11) is 5.36. The summed E-state index contributed by atoms with van der Waals surface area (Å²) in [5, 5.41) is 3.81. The van der Waals surface area contributed by atoms with Crippen molar-refractivity contribution in [3.05, 3.63) is 70.8 Å². The molecule has 0 spiro atoms. The minimum Gasteiger partial charge on any atom is -0.497 e. The molecule has 2 aromatic carbocycles. The molecule has 45 heavy (non-hydrogen) atoms. The van der Waals surface area contributed by atoms with Crippen LogP contribution in [0.3, 0.4) is 0 Å². The van der Waals surface area contributed by atoms with Crippen LogP contribution in [0.5, 0.6) is 5.75 Å². The molecule has 3 aromatic rings. The van der Waals surface area contributed by atoms with Crippen molar-refractivity contribution in [1.29, 1.82) is 0 Å². The molecule has 1 N–H and O–H groups in total. The van der Waals surface area contributed by atoms with E-state index in [1.165, 1.54) is 12.0 Å². The maximum absolute atomic E-state index is 13.7. The molecular weight excluding hydrogens is 568 g/mol. The lowest BCUT2D eigenvalue weighted by Crippen LogP contribution is -2.23. The zero-order valence-electron chi connectivity index (χ0n) is 27.7. The van der Waals surface area contributed by atoms with Gasteiger partial charge in [-0.05, 0) is 108 Å². The van der Waals surface area contributed by atoms with E-state index < -0.39 is 23.3 Å². The van der Waals surface area contributed by atoms with Gasteiger partial charge in [0.15, 0.2) is 5.78 Å². The second kappa shape index (κ2) is 14.3. The molecular formula is C37H46N2O6. The molecule has 1 aliphatic heterocycles. The molecule has 0 radical (unpaired) electrons. The Morgan fingerprint density at radius 3 is 2.33 bits per heavy atom. The minimum atomic E-state index is -0.730. The molecule has 8 nitrogen and oxygen atoms in total. The Hall–Kier alpha value is -4.17. The average molecular weight is 615 g/mol. The Morgan fingerprint density at radius 1 is 1.02 bits per heavy atom. The first kappa shape index (κ1) is 33.7. The van der Waals surface area contributed by atoms with Gasteiger partial charge in [0, 0.05) is 22.0 Å². The molecule has 0 bridgehead atoms. The molecule has 2 heterocycles. The maximum atomic E-state index is 13.7. The highest BCUT2D eigenvalue weighted by Crippen LogP contribution is 2.47. The molecule has 0 atom stereocenters. The Morgan fingerprint density at radius 2 is 1.71 bits per heavy atom. The van der Waals surface area contributed by atoms with Crippen molar-refractivity contribution in [1.82, 2.24) is 9.88 Å². The summed E-state index contributed by atoms with van der Waals surface area (Å²) in [4.78, 5) is 39.4. The van der Waals surface area contributed by atoms with Crippen molar-refractivity contribution >= 4 is 34.7 Å². The zero-order valence-corrected chi connectivity index (χ0v) is 27.7. The van der Waals surface area contributed by atoms with Gasteiger partial charge in [0.1, 0.15) is 16.9 Å². The van der Waals surface area contributed by atoms with E-state index in [1.807, 2.05) is 77.3 Å². The molecule has 1 saturated carbocycles. The van der Waals surface area contributed by atoms with Gasteiger partial charge >= 0.3 is 11.9 Å². The van der Waals surface area contributed by atoms with Gasteiger partial charge in [-0.2, -0.15) is 0 Å². The van der Waals surface area contributed by atoms with Gasteiger partial charge in [0.2, 0.25) is 0 Å². The van der Waals surface area contributed by atoms with Crippen LogP contribution in [-0.2, 0) is 25.6 Å². The van der Waals surface area contributed by atoms with Gasteiger partial charge in [0.25, 0.3) is 0 Å². The Bertz CT molecular complexity index is 1630. The van der Waals surface area contributed by atoms with Crippen molar-refractivity contribution < 1.29 is 28.6 Å². The van der Waals surface area contributed by atoms with E-state index in [0.717, 1.165) is 53.4 Å². The van der Waals surface area contributed by atoms with Crippen LogP contribution in [0.25, 0.3) is 28.2 Å².